The summed E-state index contributed by atoms with van der Waals surface area (Å²) in [6, 6.07) is 0. The highest BCUT2D eigenvalue weighted by Gasteiger charge is 2.77. The van der Waals surface area contributed by atoms with Crippen LogP contribution in [0.15, 0.2) is 24.3 Å². The number of halogens is 1. The lowest BCUT2D eigenvalue weighted by Crippen LogP contribution is -2.77. The van der Waals surface area contributed by atoms with Crippen molar-refractivity contribution in [2.45, 2.75) is 82.0 Å². The van der Waals surface area contributed by atoms with Crippen LogP contribution in [0.3, 0.4) is 0 Å². The maximum absolute atomic E-state index is 13.4. The lowest BCUT2D eigenvalue weighted by Gasteiger charge is -2.63. The fraction of sp³-hybridized carbons (Fsp3) is 0.654. The molecule has 3 heterocycles. The molecule has 1 aliphatic carbocycles. The number of carbonyl (C=O) groups is 5. The van der Waals surface area contributed by atoms with Crippen LogP contribution in [0.1, 0.15) is 41.0 Å². The molecular weight excluding hydrogens is 524 g/mol. The molecule has 0 radical (unpaired) electrons. The Bertz CT molecular complexity index is 1130. The molecule has 4 aliphatic rings. The van der Waals surface area contributed by atoms with Crippen LogP contribution in [0, 0.1) is 17.3 Å². The highest BCUT2D eigenvalue weighted by atomic mass is 35.5. The topological polar surface area (TPSA) is 152 Å². The predicted octanol–water partition coefficient (Wildman–Crippen LogP) is 1.17. The van der Waals surface area contributed by atoms with Gasteiger partial charge >= 0.3 is 23.9 Å². The lowest BCUT2D eigenvalue weighted by molar-refractivity contribution is -0.319. The van der Waals surface area contributed by atoms with Crippen molar-refractivity contribution in [1.82, 2.24) is 0 Å². The minimum Gasteiger partial charge on any atom is -0.457 e. The second-order valence-corrected chi connectivity index (χ2v) is 11.2. The van der Waals surface area contributed by atoms with Gasteiger partial charge in [-0.3, -0.25) is 19.2 Å². The first-order chi connectivity index (χ1) is 17.6. The van der Waals surface area contributed by atoms with Crippen molar-refractivity contribution >= 4 is 41.3 Å². The summed E-state index contributed by atoms with van der Waals surface area (Å²) in [4.78, 5) is 63.1. The number of ketones is 1. The van der Waals surface area contributed by atoms with E-state index in [0.29, 0.717) is 5.57 Å². The average molecular weight is 555 g/mol. The van der Waals surface area contributed by atoms with Crippen LogP contribution in [0.25, 0.3) is 0 Å². The summed E-state index contributed by atoms with van der Waals surface area (Å²) in [5.41, 5.74) is -4.65. The summed E-state index contributed by atoms with van der Waals surface area (Å²) >= 11 is 6.74. The van der Waals surface area contributed by atoms with Crippen molar-refractivity contribution in [1.29, 1.82) is 0 Å². The molecule has 0 aromatic carbocycles. The minimum absolute atomic E-state index is 0.0113. The Morgan fingerprint density at radius 1 is 1.18 bits per heavy atom. The van der Waals surface area contributed by atoms with Gasteiger partial charge in [-0.1, -0.05) is 25.2 Å². The highest BCUT2D eigenvalue weighted by Crippen LogP contribution is 2.61. The van der Waals surface area contributed by atoms with E-state index in [1.54, 1.807) is 6.92 Å². The monoisotopic (exact) mass is 554 g/mol. The molecule has 4 rings (SSSR count). The van der Waals surface area contributed by atoms with Gasteiger partial charge < -0.3 is 28.8 Å². The van der Waals surface area contributed by atoms with Gasteiger partial charge in [-0.15, -0.1) is 11.6 Å². The Labute approximate surface area is 224 Å². The molecule has 11 nitrogen and oxygen atoms in total. The molecule has 38 heavy (non-hydrogen) atoms. The number of hydrogen-bond donors (Lipinski definition) is 1. The van der Waals surface area contributed by atoms with E-state index in [2.05, 4.69) is 6.58 Å². The van der Waals surface area contributed by atoms with E-state index in [-0.39, 0.29) is 6.42 Å². The van der Waals surface area contributed by atoms with Crippen molar-refractivity contribution in [3.05, 3.63) is 24.3 Å². The van der Waals surface area contributed by atoms with Crippen molar-refractivity contribution in [2.24, 2.45) is 17.3 Å². The van der Waals surface area contributed by atoms with Gasteiger partial charge in [0.25, 0.3) is 0 Å². The maximum atomic E-state index is 13.4. The SMILES string of the molecule is C=C1C[C@@H](O)[C@H]2O[C@@]3([C@@H](C)C(=O)O[C@H]3[C@H]1Cl)[C@@H](OC(=O)COC(C)=O)[C@@H]1[C@]2(C)C=CC(=O)[C@@]1(C)OC(C)=O. The van der Waals surface area contributed by atoms with E-state index in [1.807, 2.05) is 0 Å². The zero-order chi connectivity index (χ0) is 28.4. The summed E-state index contributed by atoms with van der Waals surface area (Å²) in [5.74, 6) is -6.11. The van der Waals surface area contributed by atoms with Crippen molar-refractivity contribution in [3.63, 3.8) is 0 Å². The Kier molecular flexibility index (Phi) is 7.03. The molecule has 0 unspecified atom stereocenters. The molecule has 3 fully saturated rings. The number of carbonyl (C=O) groups excluding carboxylic acids is 5. The number of alkyl halides is 1. The Balaban J connectivity index is 2.00. The molecule has 2 bridgehead atoms. The van der Waals surface area contributed by atoms with E-state index < -0.39 is 94.5 Å². The fourth-order valence-corrected chi connectivity index (χ4v) is 6.89. The molecule has 0 aromatic rings. The highest BCUT2D eigenvalue weighted by molar-refractivity contribution is 6.23. The smallest absolute Gasteiger partial charge is 0.344 e. The number of esters is 4. The number of ether oxygens (including phenoxy) is 5. The van der Waals surface area contributed by atoms with Crippen molar-refractivity contribution < 1.29 is 52.8 Å². The third-order valence-corrected chi connectivity index (χ3v) is 8.78. The molecule has 10 atom stereocenters. The molecule has 208 valence electrons. The zero-order valence-electron chi connectivity index (χ0n) is 21.7. The lowest BCUT2D eigenvalue weighted by atomic mass is 9.52. The van der Waals surface area contributed by atoms with E-state index in [4.69, 9.17) is 35.3 Å². The normalized spacial score (nSPS) is 43.7. The van der Waals surface area contributed by atoms with Crippen LogP contribution >= 0.6 is 11.6 Å². The number of hydrogen-bond acceptors (Lipinski definition) is 11. The number of fused-ring (bicyclic) bond motifs is 3. The van der Waals surface area contributed by atoms with Gasteiger partial charge in [-0.25, -0.2) is 4.79 Å². The molecular formula is C26H31ClO11. The quantitative estimate of drug-likeness (QED) is 0.231. The summed E-state index contributed by atoms with van der Waals surface area (Å²) in [5, 5.41) is 10.3. The predicted molar refractivity (Wildman–Crippen MR) is 128 cm³/mol. The standard InChI is InChI=1S/C26H31ClO11/c1-11-9-15(30)20-24(5)8-7-16(31)25(6,37-14(4)29)19(24)22(35-17(32)10-34-13(3)28)26(38-20)12(2)23(33)36-21(26)18(11)27/h7-8,12,15,18-22,30H,1,9-10H2,2-6H3/t12-,15+,18-,19+,20+,21-,22-,24-,25+,26+/m0/s1. The molecule has 1 N–H and O–H groups in total. The average Bonchev–Trinajstić information content (AvgIpc) is 3.06. The van der Waals surface area contributed by atoms with E-state index >= 15 is 0 Å². The second-order valence-electron chi connectivity index (χ2n) is 10.7. The maximum Gasteiger partial charge on any atom is 0.344 e. The summed E-state index contributed by atoms with van der Waals surface area (Å²) < 4.78 is 28.6. The van der Waals surface area contributed by atoms with Gasteiger partial charge in [-0.05, 0) is 26.3 Å². The van der Waals surface area contributed by atoms with E-state index in [9.17, 15) is 29.1 Å². The molecule has 0 saturated carbocycles. The first-order valence-corrected chi connectivity index (χ1v) is 12.7. The zero-order valence-corrected chi connectivity index (χ0v) is 22.5. The first kappa shape index (κ1) is 28.3. The van der Waals surface area contributed by atoms with Gasteiger partial charge in [0.2, 0.25) is 0 Å². The van der Waals surface area contributed by atoms with Crippen molar-refractivity contribution in [2.75, 3.05) is 6.61 Å². The van der Waals surface area contributed by atoms with E-state index in [1.165, 1.54) is 26.0 Å². The van der Waals surface area contributed by atoms with Crippen LogP contribution in [0.4, 0.5) is 0 Å². The summed E-state index contributed by atoms with van der Waals surface area (Å²) in [7, 11) is 0. The van der Waals surface area contributed by atoms with Crippen molar-refractivity contribution in [3.8, 4) is 0 Å². The Morgan fingerprint density at radius 2 is 1.84 bits per heavy atom. The fourth-order valence-electron chi connectivity index (χ4n) is 6.55. The van der Waals surface area contributed by atoms with Crippen LogP contribution in [0.5, 0.6) is 0 Å². The van der Waals surface area contributed by atoms with Gasteiger partial charge in [0.15, 0.2) is 29.7 Å². The Morgan fingerprint density at radius 3 is 2.45 bits per heavy atom. The molecule has 0 aromatic heterocycles. The minimum atomic E-state index is -1.91. The van der Waals surface area contributed by atoms with Gasteiger partial charge in [0, 0.05) is 19.3 Å². The third kappa shape index (κ3) is 4.06. The molecule has 1 spiro atoms. The van der Waals surface area contributed by atoms with Crippen LogP contribution in [-0.4, -0.2) is 82.4 Å². The van der Waals surface area contributed by atoms with Crippen LogP contribution < -0.4 is 0 Å². The Hall–Kier alpha value is -2.76. The van der Waals surface area contributed by atoms with E-state index in [0.717, 1.165) is 13.8 Å². The molecule has 0 amide bonds. The largest absolute Gasteiger partial charge is 0.457 e. The molecule has 3 aliphatic heterocycles. The van der Waals surface area contributed by atoms with Crippen LogP contribution in [-0.2, 0) is 47.7 Å². The summed E-state index contributed by atoms with van der Waals surface area (Å²) in [6.07, 6.45) is -2.28. The van der Waals surface area contributed by atoms with Gasteiger partial charge in [0.05, 0.1) is 29.4 Å². The van der Waals surface area contributed by atoms with Gasteiger partial charge in [-0.2, -0.15) is 0 Å². The molecule has 3 saturated heterocycles. The first-order valence-electron chi connectivity index (χ1n) is 12.2. The number of aliphatic hydroxyl groups excluding tert-OH is 1. The number of rotatable bonds is 4. The second kappa shape index (κ2) is 9.46. The summed E-state index contributed by atoms with van der Waals surface area (Å²) in [6.45, 7) is 10.0. The molecule has 12 heteroatoms. The number of aliphatic hydroxyl groups is 1. The van der Waals surface area contributed by atoms with Gasteiger partial charge in [0.1, 0.15) is 6.10 Å². The third-order valence-electron chi connectivity index (χ3n) is 8.24. The van der Waals surface area contributed by atoms with Crippen LogP contribution in [0.2, 0.25) is 0 Å².